The third-order valence-corrected chi connectivity index (χ3v) is 4.97. The second-order valence-electron chi connectivity index (χ2n) is 7.34. The molecular weight excluding hydrogens is 388 g/mol. The number of likely N-dealkylation sites (N-methyl/N-ethyl adjacent to an activating group) is 1. The SMILES string of the molecule is COC(=O)C1=C(C)N=C(C)C(C/C=N/OCCN(C)C)C1c1cccc([N+](=O)[O-])c1. The zero-order valence-electron chi connectivity index (χ0n) is 18.0. The zero-order valence-corrected chi connectivity index (χ0v) is 18.0. The van der Waals surface area contributed by atoms with Crippen molar-refractivity contribution in [3.05, 3.63) is 51.2 Å². The largest absolute Gasteiger partial charge is 0.466 e. The van der Waals surface area contributed by atoms with Gasteiger partial charge in [-0.15, -0.1) is 0 Å². The number of methoxy groups -OCH3 is 1. The number of carbonyl (C=O) groups excluding carboxylic acids is 1. The fourth-order valence-corrected chi connectivity index (χ4v) is 3.48. The van der Waals surface area contributed by atoms with Gasteiger partial charge < -0.3 is 14.5 Å². The van der Waals surface area contributed by atoms with Crippen LogP contribution in [0.1, 0.15) is 31.7 Å². The predicted molar refractivity (Wildman–Crippen MR) is 115 cm³/mol. The topological polar surface area (TPSA) is 107 Å². The van der Waals surface area contributed by atoms with E-state index in [1.165, 1.54) is 19.2 Å². The number of allylic oxidation sites excluding steroid dienone is 1. The van der Waals surface area contributed by atoms with Gasteiger partial charge >= 0.3 is 5.97 Å². The number of benzene rings is 1. The maximum atomic E-state index is 12.6. The van der Waals surface area contributed by atoms with Crippen molar-refractivity contribution in [2.75, 3.05) is 34.4 Å². The Kier molecular flexibility index (Phi) is 8.23. The Morgan fingerprint density at radius 3 is 2.73 bits per heavy atom. The third kappa shape index (κ3) is 5.73. The van der Waals surface area contributed by atoms with Crippen LogP contribution < -0.4 is 0 Å². The molecule has 2 unspecified atom stereocenters. The molecule has 0 aliphatic carbocycles. The number of hydrogen-bond acceptors (Lipinski definition) is 8. The lowest BCUT2D eigenvalue weighted by molar-refractivity contribution is -0.384. The molecule has 0 amide bonds. The maximum Gasteiger partial charge on any atom is 0.336 e. The fraction of sp³-hybridized carbons (Fsp3) is 0.476. The van der Waals surface area contributed by atoms with E-state index in [1.54, 1.807) is 25.3 Å². The summed E-state index contributed by atoms with van der Waals surface area (Å²) in [4.78, 5) is 35.2. The molecule has 0 saturated carbocycles. The number of carbonyl (C=O) groups is 1. The number of aliphatic imine (C=N–C) groups is 1. The van der Waals surface area contributed by atoms with E-state index in [2.05, 4.69) is 10.1 Å². The molecule has 0 bridgehead atoms. The quantitative estimate of drug-likeness (QED) is 0.201. The van der Waals surface area contributed by atoms with Crippen molar-refractivity contribution in [1.29, 1.82) is 0 Å². The van der Waals surface area contributed by atoms with E-state index in [0.717, 1.165) is 12.3 Å². The number of esters is 1. The van der Waals surface area contributed by atoms with E-state index >= 15 is 0 Å². The molecule has 9 nitrogen and oxygen atoms in total. The second kappa shape index (κ2) is 10.6. The van der Waals surface area contributed by atoms with Crippen LogP contribution in [-0.4, -0.2) is 62.1 Å². The van der Waals surface area contributed by atoms with Gasteiger partial charge in [-0.25, -0.2) is 4.79 Å². The highest BCUT2D eigenvalue weighted by Crippen LogP contribution is 2.41. The predicted octanol–water partition coefficient (Wildman–Crippen LogP) is 3.17. The lowest BCUT2D eigenvalue weighted by Gasteiger charge is -2.32. The van der Waals surface area contributed by atoms with Gasteiger partial charge in [0, 0.05) is 48.1 Å². The molecule has 0 radical (unpaired) electrons. The van der Waals surface area contributed by atoms with Gasteiger partial charge in [0.1, 0.15) is 6.61 Å². The Labute approximate surface area is 176 Å². The molecule has 2 rings (SSSR count). The summed E-state index contributed by atoms with van der Waals surface area (Å²) in [6.07, 6.45) is 2.11. The van der Waals surface area contributed by atoms with Gasteiger partial charge in [-0.3, -0.25) is 15.1 Å². The minimum atomic E-state index is -0.496. The number of rotatable bonds is 9. The molecule has 1 aliphatic rings. The third-order valence-electron chi connectivity index (χ3n) is 4.97. The lowest BCUT2D eigenvalue weighted by Crippen LogP contribution is -2.30. The highest BCUT2D eigenvalue weighted by atomic mass is 16.6. The van der Waals surface area contributed by atoms with Crippen LogP contribution in [-0.2, 0) is 14.4 Å². The average molecular weight is 416 g/mol. The second-order valence-corrected chi connectivity index (χ2v) is 7.34. The smallest absolute Gasteiger partial charge is 0.336 e. The summed E-state index contributed by atoms with van der Waals surface area (Å²) in [7, 11) is 5.20. The molecule has 0 saturated heterocycles. The minimum absolute atomic E-state index is 0.0334. The highest BCUT2D eigenvalue weighted by molar-refractivity contribution is 5.98. The van der Waals surface area contributed by atoms with Gasteiger partial charge in [0.2, 0.25) is 0 Å². The molecular formula is C21H28N4O5. The van der Waals surface area contributed by atoms with E-state index in [1.807, 2.05) is 25.9 Å². The van der Waals surface area contributed by atoms with Gasteiger partial charge in [0.15, 0.2) is 0 Å². The summed E-state index contributed by atoms with van der Waals surface area (Å²) in [6, 6.07) is 6.33. The van der Waals surface area contributed by atoms with Crippen LogP contribution in [0, 0.1) is 16.0 Å². The van der Waals surface area contributed by atoms with Gasteiger partial charge in [-0.2, -0.15) is 0 Å². The van der Waals surface area contributed by atoms with Gasteiger partial charge in [0.25, 0.3) is 5.69 Å². The summed E-state index contributed by atoms with van der Waals surface area (Å²) >= 11 is 0. The summed E-state index contributed by atoms with van der Waals surface area (Å²) < 4.78 is 4.99. The Morgan fingerprint density at radius 1 is 1.37 bits per heavy atom. The molecule has 0 spiro atoms. The molecule has 2 atom stereocenters. The van der Waals surface area contributed by atoms with Crippen LogP contribution in [0.25, 0.3) is 0 Å². The van der Waals surface area contributed by atoms with E-state index in [-0.39, 0.29) is 11.6 Å². The molecule has 0 N–H and O–H groups in total. The van der Waals surface area contributed by atoms with Crippen LogP contribution >= 0.6 is 0 Å². The Hall–Kier alpha value is -3.07. The number of non-ortho nitro benzene ring substituents is 1. The van der Waals surface area contributed by atoms with Crippen LogP contribution in [0.5, 0.6) is 0 Å². The number of ether oxygens (including phenoxy) is 1. The first-order chi connectivity index (χ1) is 14.3. The fourth-order valence-electron chi connectivity index (χ4n) is 3.48. The van der Waals surface area contributed by atoms with Crippen molar-refractivity contribution < 1.29 is 19.3 Å². The minimum Gasteiger partial charge on any atom is -0.466 e. The Morgan fingerprint density at radius 2 is 2.10 bits per heavy atom. The monoisotopic (exact) mass is 416 g/mol. The van der Waals surface area contributed by atoms with Gasteiger partial charge in [-0.05, 0) is 39.9 Å². The summed E-state index contributed by atoms with van der Waals surface area (Å²) in [5.74, 6) is -1.15. The summed E-state index contributed by atoms with van der Waals surface area (Å²) in [6.45, 7) is 4.83. The molecule has 1 aliphatic heterocycles. The zero-order chi connectivity index (χ0) is 22.3. The van der Waals surface area contributed by atoms with Crippen molar-refractivity contribution in [2.24, 2.45) is 16.1 Å². The van der Waals surface area contributed by atoms with E-state index < -0.39 is 16.8 Å². The van der Waals surface area contributed by atoms with Crippen molar-refractivity contribution in [3.8, 4) is 0 Å². The van der Waals surface area contributed by atoms with Crippen molar-refractivity contribution in [3.63, 3.8) is 0 Å². The molecule has 9 heteroatoms. The van der Waals surface area contributed by atoms with E-state index in [0.29, 0.717) is 29.9 Å². The molecule has 30 heavy (non-hydrogen) atoms. The van der Waals surface area contributed by atoms with Crippen molar-refractivity contribution in [2.45, 2.75) is 26.2 Å². The number of nitro benzene ring substituents is 1. The Balaban J connectivity index is 2.37. The van der Waals surface area contributed by atoms with Gasteiger partial charge in [-0.1, -0.05) is 17.3 Å². The van der Waals surface area contributed by atoms with Crippen LogP contribution in [0.15, 0.2) is 45.7 Å². The normalized spacial score (nSPS) is 19.2. The summed E-state index contributed by atoms with van der Waals surface area (Å²) in [5.41, 5.74) is 2.39. The highest BCUT2D eigenvalue weighted by Gasteiger charge is 2.37. The molecule has 162 valence electrons. The van der Waals surface area contributed by atoms with Crippen LogP contribution in [0.2, 0.25) is 0 Å². The molecule has 1 aromatic carbocycles. The van der Waals surface area contributed by atoms with E-state index in [4.69, 9.17) is 9.57 Å². The number of hydrogen-bond donors (Lipinski definition) is 0. The first-order valence-corrected chi connectivity index (χ1v) is 9.63. The van der Waals surface area contributed by atoms with Crippen molar-refractivity contribution >= 4 is 23.6 Å². The lowest BCUT2D eigenvalue weighted by atomic mass is 9.74. The first kappa shape index (κ1) is 23.2. The molecule has 0 fully saturated rings. The average Bonchev–Trinajstić information content (AvgIpc) is 2.70. The molecule has 0 aromatic heterocycles. The van der Waals surface area contributed by atoms with E-state index in [9.17, 15) is 14.9 Å². The number of oxime groups is 1. The maximum absolute atomic E-state index is 12.6. The molecule has 1 heterocycles. The van der Waals surface area contributed by atoms with Crippen LogP contribution in [0.3, 0.4) is 0 Å². The first-order valence-electron chi connectivity index (χ1n) is 9.63. The van der Waals surface area contributed by atoms with Gasteiger partial charge in [0.05, 0.1) is 17.6 Å². The molecule has 1 aromatic rings. The van der Waals surface area contributed by atoms with Crippen LogP contribution in [0.4, 0.5) is 5.69 Å². The van der Waals surface area contributed by atoms with Crippen molar-refractivity contribution in [1.82, 2.24) is 4.90 Å². The number of nitrogens with zero attached hydrogens (tertiary/aromatic N) is 4. The standard InChI is InChI=1S/C21H28N4O5/c1-14-18(9-10-22-30-12-11-24(3)4)20(19(15(2)23-14)21(26)29-5)16-7-6-8-17(13-16)25(27)28/h6-8,10,13,18,20H,9,11-12H2,1-5H3/b22-10+. The summed E-state index contributed by atoms with van der Waals surface area (Å²) in [5, 5.41) is 15.3. The number of nitro groups is 1. The Bertz CT molecular complexity index is 876.